The Morgan fingerprint density at radius 1 is 1.00 bits per heavy atom. The number of aromatic nitrogens is 2. The topological polar surface area (TPSA) is 25.8 Å². The monoisotopic (exact) mass is 222 g/mol. The minimum atomic E-state index is 0.106. The summed E-state index contributed by atoms with van der Waals surface area (Å²) in [6.07, 6.45) is 2.23. The molecular formula is C7H5Cl3N2. The molecule has 5 heteroatoms. The molecule has 0 N–H and O–H groups in total. The van der Waals surface area contributed by atoms with E-state index in [1.807, 2.05) is 0 Å². The Labute approximate surface area is 84.9 Å². The predicted molar refractivity (Wildman–Crippen MR) is 49.0 cm³/mol. The first-order valence-electron chi connectivity index (χ1n) is 3.57. The molecule has 0 amide bonds. The van der Waals surface area contributed by atoms with Gasteiger partial charge in [-0.25, -0.2) is 9.97 Å². The molecule has 64 valence electrons. The van der Waals surface area contributed by atoms with Gasteiger partial charge in [0, 0.05) is 5.56 Å². The van der Waals surface area contributed by atoms with Crippen LogP contribution in [0.3, 0.4) is 0 Å². The summed E-state index contributed by atoms with van der Waals surface area (Å²) >= 11 is 17.3. The van der Waals surface area contributed by atoms with Crippen LogP contribution in [0, 0.1) is 0 Å². The summed E-state index contributed by atoms with van der Waals surface area (Å²) < 4.78 is 0. The highest BCUT2D eigenvalue weighted by molar-refractivity contribution is 6.36. The molecule has 0 spiro atoms. The van der Waals surface area contributed by atoms with Gasteiger partial charge in [0.05, 0.1) is 0 Å². The van der Waals surface area contributed by atoms with Gasteiger partial charge in [0.1, 0.15) is 10.3 Å². The predicted octanol–water partition coefficient (Wildman–Crippen LogP) is 3.31. The van der Waals surface area contributed by atoms with Crippen molar-refractivity contribution in [3.05, 3.63) is 21.2 Å². The van der Waals surface area contributed by atoms with Gasteiger partial charge >= 0.3 is 0 Å². The minimum Gasteiger partial charge on any atom is -0.206 e. The van der Waals surface area contributed by atoms with Gasteiger partial charge in [0.15, 0.2) is 0 Å². The van der Waals surface area contributed by atoms with E-state index in [-0.39, 0.29) is 5.28 Å². The zero-order chi connectivity index (χ0) is 8.72. The Morgan fingerprint density at radius 2 is 1.50 bits per heavy atom. The fourth-order valence-corrected chi connectivity index (χ4v) is 2.05. The number of halogens is 3. The summed E-state index contributed by atoms with van der Waals surface area (Å²) in [6.45, 7) is 0. The minimum absolute atomic E-state index is 0.106. The molecule has 0 radical (unpaired) electrons. The lowest BCUT2D eigenvalue weighted by atomic mass is 10.2. The van der Waals surface area contributed by atoms with Gasteiger partial charge < -0.3 is 0 Å². The summed E-state index contributed by atoms with van der Waals surface area (Å²) in [6, 6.07) is 0. The highest BCUT2D eigenvalue weighted by Gasteiger charge is 2.29. The second kappa shape index (κ2) is 3.02. The van der Waals surface area contributed by atoms with Gasteiger partial charge in [0.2, 0.25) is 5.28 Å². The van der Waals surface area contributed by atoms with E-state index >= 15 is 0 Å². The SMILES string of the molecule is Clc1nc(Cl)c(C2CC2)c(Cl)n1. The highest BCUT2D eigenvalue weighted by atomic mass is 35.5. The van der Waals surface area contributed by atoms with Gasteiger partial charge in [-0.15, -0.1) is 0 Å². The first kappa shape index (κ1) is 8.54. The third kappa shape index (κ3) is 1.51. The molecule has 1 aromatic rings. The fourth-order valence-electron chi connectivity index (χ4n) is 1.10. The largest absolute Gasteiger partial charge is 0.225 e. The maximum absolute atomic E-state index is 5.85. The summed E-state index contributed by atoms with van der Waals surface area (Å²) in [5, 5.41) is 0.888. The van der Waals surface area contributed by atoms with Gasteiger partial charge in [-0.05, 0) is 30.4 Å². The standard InChI is InChI=1S/C7H5Cl3N2/c8-5-4(3-1-2-3)6(9)12-7(10)11-5/h3H,1-2H2. The number of rotatable bonds is 1. The molecule has 2 nitrogen and oxygen atoms in total. The van der Waals surface area contributed by atoms with Crippen LogP contribution in [-0.2, 0) is 0 Å². The van der Waals surface area contributed by atoms with Crippen LogP contribution in [0.1, 0.15) is 24.3 Å². The van der Waals surface area contributed by atoms with E-state index in [1.54, 1.807) is 0 Å². The Hall–Kier alpha value is -0.0500. The first-order valence-corrected chi connectivity index (χ1v) is 4.70. The molecule has 0 atom stereocenters. The van der Waals surface area contributed by atoms with Crippen LogP contribution < -0.4 is 0 Å². The molecule has 1 fully saturated rings. The van der Waals surface area contributed by atoms with Crippen molar-refractivity contribution in [2.75, 3.05) is 0 Å². The third-order valence-electron chi connectivity index (χ3n) is 1.81. The Balaban J connectivity index is 2.51. The van der Waals surface area contributed by atoms with E-state index in [4.69, 9.17) is 34.8 Å². The van der Waals surface area contributed by atoms with Crippen molar-refractivity contribution in [2.24, 2.45) is 0 Å². The lowest BCUT2D eigenvalue weighted by Crippen LogP contribution is -1.92. The molecule has 1 aromatic heterocycles. The molecule has 1 saturated carbocycles. The van der Waals surface area contributed by atoms with Gasteiger partial charge in [-0.1, -0.05) is 23.2 Å². The first-order chi connectivity index (χ1) is 5.68. The van der Waals surface area contributed by atoms with Gasteiger partial charge in [-0.3, -0.25) is 0 Å². The number of hydrogen-bond acceptors (Lipinski definition) is 2. The van der Waals surface area contributed by atoms with Crippen LogP contribution in [0.25, 0.3) is 0 Å². The second-order valence-corrected chi connectivity index (χ2v) is 3.82. The van der Waals surface area contributed by atoms with Crippen LogP contribution >= 0.6 is 34.8 Å². The average Bonchev–Trinajstić information content (AvgIpc) is 2.68. The van der Waals surface area contributed by atoms with Crippen molar-refractivity contribution in [1.82, 2.24) is 9.97 Å². The zero-order valence-corrected chi connectivity index (χ0v) is 8.29. The third-order valence-corrected chi connectivity index (χ3v) is 2.56. The van der Waals surface area contributed by atoms with E-state index in [2.05, 4.69) is 9.97 Å². The number of nitrogens with zero attached hydrogens (tertiary/aromatic N) is 2. The molecule has 1 aliphatic rings. The molecule has 0 aromatic carbocycles. The van der Waals surface area contributed by atoms with Crippen LogP contribution in [0.5, 0.6) is 0 Å². The van der Waals surface area contributed by atoms with E-state index in [1.165, 1.54) is 0 Å². The maximum Gasteiger partial charge on any atom is 0.225 e. The molecule has 0 saturated heterocycles. The van der Waals surface area contributed by atoms with Crippen molar-refractivity contribution in [1.29, 1.82) is 0 Å². The van der Waals surface area contributed by atoms with Crippen LogP contribution in [0.15, 0.2) is 0 Å². The van der Waals surface area contributed by atoms with Crippen molar-refractivity contribution >= 4 is 34.8 Å². The lowest BCUT2D eigenvalue weighted by Gasteiger charge is -2.02. The van der Waals surface area contributed by atoms with Gasteiger partial charge in [0.25, 0.3) is 0 Å². The van der Waals surface area contributed by atoms with Crippen LogP contribution in [-0.4, -0.2) is 9.97 Å². The highest BCUT2D eigenvalue weighted by Crippen LogP contribution is 2.45. The maximum atomic E-state index is 5.85. The van der Waals surface area contributed by atoms with E-state index in [9.17, 15) is 0 Å². The second-order valence-electron chi connectivity index (χ2n) is 2.76. The lowest BCUT2D eigenvalue weighted by molar-refractivity contribution is 1.04. The molecule has 0 bridgehead atoms. The molecular weight excluding hydrogens is 218 g/mol. The molecule has 2 rings (SSSR count). The van der Waals surface area contributed by atoms with Crippen molar-refractivity contribution in [3.63, 3.8) is 0 Å². The molecule has 1 aliphatic carbocycles. The normalized spacial score (nSPS) is 16.6. The van der Waals surface area contributed by atoms with Crippen molar-refractivity contribution in [2.45, 2.75) is 18.8 Å². The summed E-state index contributed by atoms with van der Waals surface area (Å²) in [4.78, 5) is 7.66. The van der Waals surface area contributed by atoms with E-state index in [0.29, 0.717) is 16.2 Å². The smallest absolute Gasteiger partial charge is 0.206 e. The molecule has 12 heavy (non-hydrogen) atoms. The molecule has 0 aliphatic heterocycles. The van der Waals surface area contributed by atoms with Crippen molar-refractivity contribution < 1.29 is 0 Å². The molecule has 0 unspecified atom stereocenters. The summed E-state index contributed by atoms with van der Waals surface area (Å²) in [5.41, 5.74) is 0.850. The average molecular weight is 223 g/mol. The van der Waals surface area contributed by atoms with Gasteiger partial charge in [-0.2, -0.15) is 0 Å². The van der Waals surface area contributed by atoms with Crippen LogP contribution in [0.4, 0.5) is 0 Å². The summed E-state index contributed by atoms with van der Waals surface area (Å²) in [7, 11) is 0. The fraction of sp³-hybridized carbons (Fsp3) is 0.429. The molecule has 1 heterocycles. The Morgan fingerprint density at radius 3 is 1.92 bits per heavy atom. The van der Waals surface area contributed by atoms with Crippen molar-refractivity contribution in [3.8, 4) is 0 Å². The quantitative estimate of drug-likeness (QED) is 0.539. The number of hydrogen-bond donors (Lipinski definition) is 0. The Kier molecular flexibility index (Phi) is 2.15. The van der Waals surface area contributed by atoms with E-state index < -0.39 is 0 Å². The van der Waals surface area contributed by atoms with E-state index in [0.717, 1.165) is 18.4 Å². The van der Waals surface area contributed by atoms with Crippen LogP contribution in [0.2, 0.25) is 15.6 Å². The zero-order valence-electron chi connectivity index (χ0n) is 6.02. The Bertz CT molecular complexity index is 299. The summed E-state index contributed by atoms with van der Waals surface area (Å²) in [5.74, 6) is 0.447.